The van der Waals surface area contributed by atoms with Crippen LogP contribution in [0.5, 0.6) is 0 Å². The molecule has 3 rings (SSSR count). The molecule has 0 spiro atoms. The van der Waals surface area contributed by atoms with Crippen molar-refractivity contribution >= 4 is 0 Å². The summed E-state index contributed by atoms with van der Waals surface area (Å²) in [5.41, 5.74) is 0. The first-order valence-electron chi connectivity index (χ1n) is 6.41. The molecule has 3 heterocycles. The maximum Gasteiger partial charge on any atom is 0.0223 e. The van der Waals surface area contributed by atoms with Crippen molar-refractivity contribution in [1.29, 1.82) is 0 Å². The van der Waals surface area contributed by atoms with Gasteiger partial charge in [-0.2, -0.15) is 0 Å². The Morgan fingerprint density at radius 1 is 0.857 bits per heavy atom. The molecule has 2 heteroatoms. The molecule has 3 aliphatic heterocycles. The van der Waals surface area contributed by atoms with Gasteiger partial charge < -0.3 is 5.32 Å². The van der Waals surface area contributed by atoms with Gasteiger partial charge in [-0.25, -0.2) is 0 Å². The highest BCUT2D eigenvalue weighted by molar-refractivity contribution is 4.91. The molecule has 14 heavy (non-hydrogen) atoms. The summed E-state index contributed by atoms with van der Waals surface area (Å²) in [4.78, 5) is 2.56. The summed E-state index contributed by atoms with van der Waals surface area (Å²) in [6.07, 6.45) is 10.1. The smallest absolute Gasteiger partial charge is 0.0223 e. The van der Waals surface area contributed by atoms with Crippen LogP contribution in [-0.2, 0) is 0 Å². The molecule has 0 aromatic heterocycles. The lowest BCUT2D eigenvalue weighted by atomic mass is 10.1. The maximum atomic E-state index is 3.35. The molecule has 3 fully saturated rings. The van der Waals surface area contributed by atoms with Crippen LogP contribution in [0.15, 0.2) is 0 Å². The molecular weight excluding hydrogens is 172 g/mol. The first kappa shape index (κ1) is 10.4. The van der Waals surface area contributed by atoms with Gasteiger partial charge in [-0.05, 0) is 45.3 Å². The van der Waals surface area contributed by atoms with Crippen molar-refractivity contribution in [1.82, 2.24) is 10.2 Å². The van der Waals surface area contributed by atoms with E-state index < -0.39 is 0 Å². The third kappa shape index (κ3) is 3.58. The highest BCUT2D eigenvalue weighted by Crippen LogP contribution is 2.27. The van der Waals surface area contributed by atoms with Crippen LogP contribution in [0.2, 0.25) is 0 Å². The van der Waals surface area contributed by atoms with E-state index in [1.54, 1.807) is 0 Å². The Morgan fingerprint density at radius 2 is 1.64 bits per heavy atom. The van der Waals surface area contributed by atoms with Crippen LogP contribution < -0.4 is 5.32 Å². The lowest BCUT2D eigenvalue weighted by molar-refractivity contribution is 0.410. The minimum absolute atomic E-state index is 1.04. The zero-order chi connectivity index (χ0) is 9.64. The quantitative estimate of drug-likeness (QED) is 0.596. The van der Waals surface area contributed by atoms with Crippen LogP contribution in [0.25, 0.3) is 0 Å². The normalized spacial score (nSPS) is 36.0. The molecule has 2 atom stereocenters. The van der Waals surface area contributed by atoms with E-state index in [-0.39, 0.29) is 0 Å². The average Bonchev–Trinajstić information content (AvgIpc) is 3.04. The van der Waals surface area contributed by atoms with Gasteiger partial charge in [0.15, 0.2) is 0 Å². The minimum Gasteiger partial charge on any atom is -0.317 e. The Morgan fingerprint density at radius 3 is 2.21 bits per heavy atom. The second kappa shape index (κ2) is 5.72. The van der Waals surface area contributed by atoms with Gasteiger partial charge in [0.2, 0.25) is 0 Å². The summed E-state index contributed by atoms with van der Waals surface area (Å²) in [7, 11) is 0. The number of hydrogen-bond acceptors (Lipinski definition) is 2. The van der Waals surface area contributed by atoms with Crippen LogP contribution in [0.3, 0.4) is 0 Å². The second-order valence-corrected chi connectivity index (χ2v) is 4.81. The number of rotatable bonds is 0. The number of piperidine rings is 1. The molecule has 82 valence electrons. The van der Waals surface area contributed by atoms with Gasteiger partial charge in [0.05, 0.1) is 0 Å². The molecule has 3 aliphatic rings. The summed E-state index contributed by atoms with van der Waals surface area (Å²) in [6.45, 7) is 5.31. The first-order valence-corrected chi connectivity index (χ1v) is 6.41. The first-order chi connectivity index (χ1) is 6.97. The van der Waals surface area contributed by atoms with Crippen molar-refractivity contribution in [3.8, 4) is 0 Å². The number of nitrogens with zero attached hydrogens (tertiary/aromatic N) is 1. The lowest BCUT2D eigenvalue weighted by Crippen LogP contribution is -2.12. The number of hydrogen-bond donors (Lipinski definition) is 1. The topological polar surface area (TPSA) is 15.0 Å². The van der Waals surface area contributed by atoms with Crippen LogP contribution in [0.1, 0.15) is 44.9 Å². The van der Waals surface area contributed by atoms with E-state index in [4.69, 9.17) is 0 Å². The van der Waals surface area contributed by atoms with E-state index in [2.05, 4.69) is 10.2 Å². The van der Waals surface area contributed by atoms with Crippen molar-refractivity contribution in [3.63, 3.8) is 0 Å². The molecule has 0 saturated carbocycles. The Balaban J connectivity index is 0.000000107. The SMILES string of the molecule is C1CCCNCC1.C1CCN2CC2C1. The van der Waals surface area contributed by atoms with Gasteiger partial charge in [0.25, 0.3) is 0 Å². The molecule has 3 saturated heterocycles. The van der Waals surface area contributed by atoms with Crippen LogP contribution >= 0.6 is 0 Å². The van der Waals surface area contributed by atoms with Crippen LogP contribution in [0.4, 0.5) is 0 Å². The predicted octanol–water partition coefficient (Wildman–Crippen LogP) is 2.00. The fourth-order valence-electron chi connectivity index (χ4n) is 2.44. The van der Waals surface area contributed by atoms with Gasteiger partial charge in [0, 0.05) is 12.6 Å². The standard InChI is InChI=1S/C6H11N.C6H13N/c1-2-4-7-5-6(7)3-1;1-2-4-6-7-5-3-1/h6H,1-5H2;7H,1-6H2. The summed E-state index contributed by atoms with van der Waals surface area (Å²) in [5.74, 6) is 0. The van der Waals surface area contributed by atoms with Crippen molar-refractivity contribution < 1.29 is 0 Å². The Labute approximate surface area is 88.1 Å². The summed E-state index contributed by atoms with van der Waals surface area (Å²) in [5, 5.41) is 3.35. The molecule has 1 N–H and O–H groups in total. The van der Waals surface area contributed by atoms with Crippen molar-refractivity contribution in [2.75, 3.05) is 26.2 Å². The average molecular weight is 196 g/mol. The molecule has 0 bridgehead atoms. The van der Waals surface area contributed by atoms with Gasteiger partial charge in [-0.15, -0.1) is 0 Å². The molecular formula is C12H24N2. The van der Waals surface area contributed by atoms with Crippen molar-refractivity contribution in [3.05, 3.63) is 0 Å². The van der Waals surface area contributed by atoms with Crippen LogP contribution in [0, 0.1) is 0 Å². The van der Waals surface area contributed by atoms with Crippen LogP contribution in [-0.4, -0.2) is 37.1 Å². The predicted molar refractivity (Wildman–Crippen MR) is 60.5 cm³/mol. The largest absolute Gasteiger partial charge is 0.317 e. The van der Waals surface area contributed by atoms with E-state index in [1.165, 1.54) is 71.1 Å². The van der Waals surface area contributed by atoms with Crippen molar-refractivity contribution in [2.45, 2.75) is 51.0 Å². The Kier molecular flexibility index (Phi) is 4.26. The fourth-order valence-corrected chi connectivity index (χ4v) is 2.44. The summed E-state index contributed by atoms with van der Waals surface area (Å²) >= 11 is 0. The minimum atomic E-state index is 1.04. The third-order valence-electron chi connectivity index (χ3n) is 3.52. The lowest BCUT2D eigenvalue weighted by Gasteiger charge is -2.07. The zero-order valence-corrected chi connectivity index (χ0v) is 9.30. The summed E-state index contributed by atoms with van der Waals surface area (Å²) < 4.78 is 0. The number of fused-ring (bicyclic) bond motifs is 1. The summed E-state index contributed by atoms with van der Waals surface area (Å²) in [6, 6.07) is 1.04. The Bertz CT molecular complexity index is 129. The molecule has 0 amide bonds. The van der Waals surface area contributed by atoms with Gasteiger partial charge in [-0.1, -0.05) is 19.3 Å². The third-order valence-corrected chi connectivity index (χ3v) is 3.52. The van der Waals surface area contributed by atoms with E-state index in [1.807, 2.05) is 0 Å². The Hall–Kier alpha value is -0.0800. The zero-order valence-electron chi connectivity index (χ0n) is 9.30. The van der Waals surface area contributed by atoms with E-state index >= 15 is 0 Å². The van der Waals surface area contributed by atoms with Crippen molar-refractivity contribution in [2.24, 2.45) is 0 Å². The highest BCUT2D eigenvalue weighted by Gasteiger charge is 2.34. The molecule has 0 radical (unpaired) electrons. The van der Waals surface area contributed by atoms with Gasteiger partial charge in [0.1, 0.15) is 0 Å². The molecule has 0 aromatic rings. The monoisotopic (exact) mass is 196 g/mol. The number of nitrogens with one attached hydrogen (secondary N) is 1. The second-order valence-electron chi connectivity index (χ2n) is 4.81. The van der Waals surface area contributed by atoms with Gasteiger partial charge in [-0.3, -0.25) is 4.90 Å². The fraction of sp³-hybridized carbons (Fsp3) is 1.00. The molecule has 2 nitrogen and oxygen atoms in total. The molecule has 0 aromatic carbocycles. The van der Waals surface area contributed by atoms with E-state index in [0.29, 0.717) is 0 Å². The van der Waals surface area contributed by atoms with Gasteiger partial charge >= 0.3 is 0 Å². The molecule has 2 unspecified atom stereocenters. The highest BCUT2D eigenvalue weighted by atomic mass is 15.3. The van der Waals surface area contributed by atoms with E-state index in [0.717, 1.165) is 6.04 Å². The van der Waals surface area contributed by atoms with E-state index in [9.17, 15) is 0 Å². The molecule has 0 aliphatic carbocycles. The maximum absolute atomic E-state index is 3.35.